The van der Waals surface area contributed by atoms with Crippen LogP contribution in [0.25, 0.3) is 0 Å². The van der Waals surface area contributed by atoms with Gasteiger partial charge in [0.1, 0.15) is 6.17 Å². The van der Waals surface area contributed by atoms with Crippen LogP contribution in [0.2, 0.25) is 0 Å². The van der Waals surface area contributed by atoms with E-state index in [0.29, 0.717) is 13.2 Å². The van der Waals surface area contributed by atoms with E-state index in [1.165, 1.54) is 10.4 Å². The number of ether oxygens (including phenoxy) is 1. The molecule has 3 rings (SSSR count). The minimum absolute atomic E-state index is 0.0548. The van der Waals surface area contributed by atoms with Crippen molar-refractivity contribution >= 4 is 22.9 Å². The van der Waals surface area contributed by atoms with Crippen molar-refractivity contribution in [1.82, 2.24) is 4.90 Å². The molecule has 1 aliphatic rings. The SMILES string of the molecule is COCCN1C(=O)c2ccccc2N[C@@H]1c1sccc1C. The molecular weight excluding hydrogens is 284 g/mol. The van der Waals surface area contributed by atoms with Gasteiger partial charge in [0.15, 0.2) is 0 Å². The molecule has 0 spiro atoms. The summed E-state index contributed by atoms with van der Waals surface area (Å²) in [7, 11) is 1.65. The molecule has 2 heterocycles. The van der Waals surface area contributed by atoms with Crippen LogP contribution in [-0.2, 0) is 4.74 Å². The van der Waals surface area contributed by atoms with E-state index in [9.17, 15) is 4.79 Å². The number of benzene rings is 1. The van der Waals surface area contributed by atoms with E-state index in [4.69, 9.17) is 4.74 Å². The molecule has 110 valence electrons. The lowest BCUT2D eigenvalue weighted by Crippen LogP contribution is -2.44. The van der Waals surface area contributed by atoms with Crippen molar-refractivity contribution in [3.8, 4) is 0 Å². The molecule has 1 aromatic carbocycles. The van der Waals surface area contributed by atoms with Gasteiger partial charge in [-0.15, -0.1) is 11.3 Å². The molecule has 1 N–H and O–H groups in total. The monoisotopic (exact) mass is 302 g/mol. The van der Waals surface area contributed by atoms with Gasteiger partial charge in [-0.25, -0.2) is 0 Å². The number of anilines is 1. The Kier molecular flexibility index (Phi) is 3.94. The number of fused-ring (bicyclic) bond motifs is 1. The van der Waals surface area contributed by atoms with Gasteiger partial charge in [-0.1, -0.05) is 12.1 Å². The summed E-state index contributed by atoms with van der Waals surface area (Å²) in [6.07, 6.45) is -0.123. The molecule has 2 aromatic rings. The van der Waals surface area contributed by atoms with Crippen molar-refractivity contribution in [3.63, 3.8) is 0 Å². The number of amides is 1. The second kappa shape index (κ2) is 5.87. The Bertz CT molecular complexity index is 653. The first-order valence-electron chi connectivity index (χ1n) is 6.92. The summed E-state index contributed by atoms with van der Waals surface area (Å²) in [6.45, 7) is 3.17. The molecule has 1 amide bonds. The highest BCUT2D eigenvalue weighted by atomic mass is 32.1. The third kappa shape index (κ3) is 2.54. The van der Waals surface area contributed by atoms with Crippen molar-refractivity contribution in [1.29, 1.82) is 0 Å². The first-order chi connectivity index (χ1) is 10.2. The van der Waals surface area contributed by atoms with Gasteiger partial charge < -0.3 is 15.0 Å². The number of nitrogens with one attached hydrogen (secondary N) is 1. The quantitative estimate of drug-likeness (QED) is 0.942. The molecule has 0 aliphatic carbocycles. The third-order valence-electron chi connectivity index (χ3n) is 3.71. The predicted octanol–water partition coefficient (Wildman–Crippen LogP) is 3.27. The van der Waals surface area contributed by atoms with Crippen LogP contribution in [0, 0.1) is 6.92 Å². The van der Waals surface area contributed by atoms with Crippen molar-refractivity contribution in [2.75, 3.05) is 25.6 Å². The van der Waals surface area contributed by atoms with Gasteiger partial charge in [0.2, 0.25) is 0 Å². The van der Waals surface area contributed by atoms with Gasteiger partial charge in [0, 0.05) is 19.3 Å². The number of aryl methyl sites for hydroxylation is 1. The summed E-state index contributed by atoms with van der Waals surface area (Å²) in [4.78, 5) is 15.8. The van der Waals surface area contributed by atoms with E-state index in [1.54, 1.807) is 18.4 Å². The van der Waals surface area contributed by atoms with Crippen LogP contribution in [0.5, 0.6) is 0 Å². The standard InChI is InChI=1S/C16H18N2O2S/c1-11-7-10-21-14(11)15-17-13-6-4-3-5-12(13)16(19)18(15)8-9-20-2/h3-7,10,15,17H,8-9H2,1-2H3/t15-/m0/s1. The lowest BCUT2D eigenvalue weighted by molar-refractivity contribution is 0.0612. The molecule has 0 radical (unpaired) electrons. The summed E-state index contributed by atoms with van der Waals surface area (Å²) in [6, 6.07) is 9.74. The predicted molar refractivity (Wildman–Crippen MR) is 84.8 cm³/mol. The average Bonchev–Trinajstić information content (AvgIpc) is 2.92. The Morgan fingerprint density at radius 1 is 1.33 bits per heavy atom. The smallest absolute Gasteiger partial charge is 0.257 e. The highest BCUT2D eigenvalue weighted by Crippen LogP contribution is 2.36. The molecule has 21 heavy (non-hydrogen) atoms. The number of nitrogens with zero attached hydrogens (tertiary/aromatic N) is 1. The summed E-state index contributed by atoms with van der Waals surface area (Å²) in [5, 5.41) is 5.55. The van der Waals surface area contributed by atoms with Crippen molar-refractivity contribution in [2.45, 2.75) is 13.1 Å². The molecule has 4 nitrogen and oxygen atoms in total. The molecule has 0 fully saturated rings. The Hall–Kier alpha value is -1.85. The molecule has 1 aromatic heterocycles. The van der Waals surface area contributed by atoms with Crippen molar-refractivity contribution in [3.05, 3.63) is 51.7 Å². The van der Waals surface area contributed by atoms with Gasteiger partial charge >= 0.3 is 0 Å². The fourth-order valence-electron chi connectivity index (χ4n) is 2.58. The number of hydrogen-bond donors (Lipinski definition) is 1. The van der Waals surface area contributed by atoms with Crippen LogP contribution < -0.4 is 5.32 Å². The van der Waals surface area contributed by atoms with Crippen LogP contribution in [0.1, 0.15) is 27.0 Å². The van der Waals surface area contributed by atoms with E-state index in [2.05, 4.69) is 23.7 Å². The normalized spacial score (nSPS) is 17.5. The lowest BCUT2D eigenvalue weighted by atomic mass is 10.1. The molecule has 0 saturated heterocycles. The second-order valence-electron chi connectivity index (χ2n) is 5.05. The van der Waals surface area contributed by atoms with Crippen molar-refractivity contribution in [2.24, 2.45) is 0 Å². The Morgan fingerprint density at radius 3 is 2.86 bits per heavy atom. The number of carbonyl (C=O) groups is 1. The summed E-state index contributed by atoms with van der Waals surface area (Å²) in [5.74, 6) is 0.0548. The van der Waals surface area contributed by atoms with Crippen LogP contribution >= 0.6 is 11.3 Å². The zero-order chi connectivity index (χ0) is 14.8. The number of para-hydroxylation sites is 1. The van der Waals surface area contributed by atoms with E-state index < -0.39 is 0 Å². The number of hydrogen-bond acceptors (Lipinski definition) is 4. The molecule has 1 aliphatic heterocycles. The molecule has 1 atom stereocenters. The van der Waals surface area contributed by atoms with Gasteiger partial charge in [-0.05, 0) is 36.1 Å². The van der Waals surface area contributed by atoms with Crippen LogP contribution in [0.15, 0.2) is 35.7 Å². The molecule has 0 unspecified atom stereocenters. The Labute approximate surface area is 128 Å². The van der Waals surface area contributed by atoms with E-state index in [1.807, 2.05) is 29.2 Å². The van der Waals surface area contributed by atoms with Gasteiger partial charge in [-0.3, -0.25) is 4.79 Å². The summed E-state index contributed by atoms with van der Waals surface area (Å²) < 4.78 is 5.16. The Morgan fingerprint density at radius 2 is 2.14 bits per heavy atom. The lowest BCUT2D eigenvalue weighted by Gasteiger charge is -2.37. The van der Waals surface area contributed by atoms with Crippen LogP contribution in [-0.4, -0.2) is 31.1 Å². The number of thiophene rings is 1. The maximum absolute atomic E-state index is 12.8. The van der Waals surface area contributed by atoms with Crippen LogP contribution in [0.3, 0.4) is 0 Å². The van der Waals surface area contributed by atoms with Gasteiger partial charge in [-0.2, -0.15) is 0 Å². The van der Waals surface area contributed by atoms with Crippen molar-refractivity contribution < 1.29 is 9.53 Å². The highest BCUT2D eigenvalue weighted by molar-refractivity contribution is 7.10. The van der Waals surface area contributed by atoms with Gasteiger partial charge in [0.25, 0.3) is 5.91 Å². The number of carbonyl (C=O) groups excluding carboxylic acids is 1. The summed E-state index contributed by atoms with van der Waals surface area (Å²) >= 11 is 1.67. The fraction of sp³-hybridized carbons (Fsp3) is 0.312. The summed E-state index contributed by atoms with van der Waals surface area (Å²) in [5.41, 5.74) is 2.82. The zero-order valence-corrected chi connectivity index (χ0v) is 12.9. The third-order valence-corrected chi connectivity index (χ3v) is 4.78. The van der Waals surface area contributed by atoms with Crippen LogP contribution in [0.4, 0.5) is 5.69 Å². The minimum atomic E-state index is -0.123. The Balaban J connectivity index is 2.01. The number of rotatable bonds is 4. The molecule has 5 heteroatoms. The van der Waals surface area contributed by atoms with E-state index in [-0.39, 0.29) is 12.1 Å². The van der Waals surface area contributed by atoms with E-state index in [0.717, 1.165) is 11.3 Å². The first-order valence-corrected chi connectivity index (χ1v) is 7.80. The molecule has 0 bridgehead atoms. The van der Waals surface area contributed by atoms with Gasteiger partial charge in [0.05, 0.1) is 17.0 Å². The second-order valence-corrected chi connectivity index (χ2v) is 6.00. The minimum Gasteiger partial charge on any atom is -0.383 e. The fourth-order valence-corrected chi connectivity index (χ4v) is 3.57. The van der Waals surface area contributed by atoms with E-state index >= 15 is 0 Å². The topological polar surface area (TPSA) is 41.6 Å². The maximum atomic E-state index is 12.8. The first kappa shape index (κ1) is 14.1. The maximum Gasteiger partial charge on any atom is 0.257 e. The highest BCUT2D eigenvalue weighted by Gasteiger charge is 2.33. The average molecular weight is 302 g/mol. The number of methoxy groups -OCH3 is 1. The molecule has 0 saturated carbocycles. The molecular formula is C16H18N2O2S. The largest absolute Gasteiger partial charge is 0.383 e. The zero-order valence-electron chi connectivity index (χ0n) is 12.1.